The highest BCUT2D eigenvalue weighted by Crippen LogP contribution is 2.63. The Morgan fingerprint density at radius 1 is 1.39 bits per heavy atom. The summed E-state index contributed by atoms with van der Waals surface area (Å²) in [6.45, 7) is 0. The van der Waals surface area contributed by atoms with E-state index < -0.39 is 53.7 Å². The number of fused-ring (bicyclic) bond motifs is 1. The number of aliphatic hydroxyl groups is 1. The average molecular weight is 321 g/mol. The Kier molecular flexibility index (Phi) is 1.75. The van der Waals surface area contributed by atoms with Gasteiger partial charge in [-0.3, -0.25) is 4.79 Å². The van der Waals surface area contributed by atoms with Crippen molar-refractivity contribution in [2.45, 2.75) is 75.0 Å². The minimum Gasteiger partial charge on any atom is -0.390 e. The molecule has 1 amide bonds. The van der Waals surface area contributed by atoms with Crippen molar-refractivity contribution in [1.29, 1.82) is 5.26 Å². The molecule has 6 rings (SSSR count). The summed E-state index contributed by atoms with van der Waals surface area (Å²) in [5, 5.41) is 20.5. The van der Waals surface area contributed by atoms with E-state index in [1.807, 2.05) is 0 Å². The third-order valence-corrected chi connectivity index (χ3v) is 6.56. The highest BCUT2D eigenvalue weighted by Gasteiger charge is 2.62. The summed E-state index contributed by atoms with van der Waals surface area (Å²) in [5.74, 6) is -2.90. The van der Waals surface area contributed by atoms with E-state index in [0.29, 0.717) is 37.0 Å². The van der Waals surface area contributed by atoms with Gasteiger partial charge in [-0.05, 0) is 74.4 Å². The quantitative estimate of drug-likeness (QED) is 0.798. The summed E-state index contributed by atoms with van der Waals surface area (Å²) in [4.78, 5) is 14.1. The number of hydrogen-bond donors (Lipinski definition) is 2. The van der Waals surface area contributed by atoms with Gasteiger partial charge in [-0.2, -0.15) is 5.26 Å². The van der Waals surface area contributed by atoms with Crippen LogP contribution in [0.2, 0.25) is 0 Å². The normalized spacial score (nSPS) is 68.4. The van der Waals surface area contributed by atoms with Gasteiger partial charge in [0, 0.05) is 12.9 Å². The van der Waals surface area contributed by atoms with E-state index in [4.69, 9.17) is 14.0 Å². The van der Waals surface area contributed by atoms with Crippen LogP contribution in [0.3, 0.4) is 0 Å². The van der Waals surface area contributed by atoms with Crippen LogP contribution in [-0.2, 0) is 4.79 Å². The number of nitriles is 1. The first-order valence-corrected chi connectivity index (χ1v) is 8.42. The number of nitrogens with two attached hydrogens (primary N) is 1. The fourth-order valence-corrected chi connectivity index (χ4v) is 6.09. The van der Waals surface area contributed by atoms with Crippen LogP contribution >= 0.6 is 0 Å². The SMILES string of the molecule is [2H]C1([2H])[C@@H](C#N)N(C(=O)[C@@H](N)C23CC4CC(CC(O)(C4)C2)C3)[C@@]2([2H])C([2H])([2H])[C@@]12[2H]. The van der Waals surface area contributed by atoms with E-state index >= 15 is 0 Å². The highest BCUT2D eigenvalue weighted by molar-refractivity contribution is 5.84. The smallest absolute Gasteiger partial charge is 0.241 e. The summed E-state index contributed by atoms with van der Waals surface area (Å²) in [6, 6.07) is -3.74. The van der Waals surface area contributed by atoms with Crippen LogP contribution in [0.4, 0.5) is 0 Å². The number of piperidine rings is 1. The van der Waals surface area contributed by atoms with Crippen LogP contribution in [0, 0.1) is 34.5 Å². The standard InChI is InChI=1S/C18H25N3O2/c19-8-13-2-12-3-14(12)21(13)16(22)15(20)17-4-10-1-11(5-17)7-18(23,6-10)9-17/h10-15,23H,1-7,9,20H2/t10?,11?,12-,13+,14+,15-,17?,18?/m1/s1/i2D2,3D2,12D,14D. The molecule has 0 spiro atoms. The van der Waals surface area contributed by atoms with Crippen LogP contribution in [0.25, 0.3) is 0 Å². The van der Waals surface area contributed by atoms with Crippen molar-refractivity contribution in [2.75, 3.05) is 0 Å². The number of carbonyl (C=O) groups excluding carboxylic acids is 1. The third kappa shape index (κ3) is 1.88. The van der Waals surface area contributed by atoms with E-state index in [1.165, 1.54) is 0 Å². The largest absolute Gasteiger partial charge is 0.390 e. The predicted molar refractivity (Wildman–Crippen MR) is 82.8 cm³/mol. The Hall–Kier alpha value is -1.12. The molecule has 3 N–H and O–H groups in total. The van der Waals surface area contributed by atoms with Gasteiger partial charge in [-0.25, -0.2) is 0 Å². The number of likely N-dealkylation sites (tertiary alicyclic amines) is 1. The Bertz CT molecular complexity index is 847. The molecule has 1 heterocycles. The molecule has 6 aliphatic rings. The maximum absolute atomic E-state index is 13.5. The molecule has 23 heavy (non-hydrogen) atoms. The zero-order chi connectivity index (χ0) is 21.4. The lowest BCUT2D eigenvalue weighted by Crippen LogP contribution is -2.64. The second-order valence-corrected chi connectivity index (χ2v) is 8.26. The Balaban J connectivity index is 1.53. The van der Waals surface area contributed by atoms with Gasteiger partial charge in [0.05, 0.1) is 19.1 Å². The summed E-state index contributed by atoms with van der Waals surface area (Å²) < 4.78 is 49.4. The second kappa shape index (κ2) is 4.29. The molecule has 5 saturated carbocycles. The zero-order valence-electron chi connectivity index (χ0n) is 18.9. The number of rotatable bonds is 2. The molecule has 2 unspecified atom stereocenters. The molecule has 0 radical (unpaired) electrons. The molecule has 0 aromatic heterocycles. The van der Waals surface area contributed by atoms with E-state index in [9.17, 15) is 15.2 Å². The summed E-state index contributed by atoms with van der Waals surface area (Å²) in [6.07, 6.45) is -1.32. The molecular formula is C18H25N3O2. The molecule has 1 aliphatic heterocycles. The summed E-state index contributed by atoms with van der Waals surface area (Å²) in [7, 11) is 0. The average Bonchev–Trinajstić information content (AvgIpc) is 2.88. The van der Waals surface area contributed by atoms with Gasteiger partial charge in [-0.1, -0.05) is 0 Å². The van der Waals surface area contributed by atoms with Gasteiger partial charge in [0.2, 0.25) is 5.91 Å². The van der Waals surface area contributed by atoms with Crippen molar-refractivity contribution < 1.29 is 18.1 Å². The Morgan fingerprint density at radius 3 is 2.70 bits per heavy atom. The maximum atomic E-state index is 13.5. The van der Waals surface area contributed by atoms with E-state index in [-0.39, 0.29) is 11.8 Å². The molecule has 5 nitrogen and oxygen atoms in total. The van der Waals surface area contributed by atoms with Gasteiger partial charge in [0.15, 0.2) is 0 Å². The Morgan fingerprint density at radius 2 is 2.09 bits per heavy atom. The van der Waals surface area contributed by atoms with Crippen molar-refractivity contribution >= 4 is 5.91 Å². The lowest BCUT2D eigenvalue weighted by molar-refractivity contribution is -0.177. The number of carbonyl (C=O) groups is 1. The van der Waals surface area contributed by atoms with Crippen LogP contribution in [-0.4, -0.2) is 39.6 Å². The monoisotopic (exact) mass is 321 g/mol. The number of hydrogen-bond acceptors (Lipinski definition) is 4. The fourth-order valence-electron chi connectivity index (χ4n) is 6.09. The summed E-state index contributed by atoms with van der Waals surface area (Å²) >= 11 is 0. The van der Waals surface area contributed by atoms with Crippen molar-refractivity contribution in [3.8, 4) is 6.07 Å². The van der Waals surface area contributed by atoms with Crippen LogP contribution in [0.1, 0.15) is 59.5 Å². The van der Waals surface area contributed by atoms with Gasteiger partial charge in [0.1, 0.15) is 6.04 Å². The van der Waals surface area contributed by atoms with E-state index in [0.717, 1.165) is 6.42 Å². The molecular weight excluding hydrogens is 290 g/mol. The van der Waals surface area contributed by atoms with Gasteiger partial charge in [-0.15, -0.1) is 0 Å². The lowest BCUT2D eigenvalue weighted by atomic mass is 9.46. The fraction of sp³-hybridized carbons (Fsp3) is 0.889. The van der Waals surface area contributed by atoms with Gasteiger partial charge in [0.25, 0.3) is 0 Å². The molecule has 1 saturated heterocycles. The molecule has 0 aromatic carbocycles. The van der Waals surface area contributed by atoms with Crippen LogP contribution < -0.4 is 5.73 Å². The first kappa shape index (κ1) is 9.39. The van der Waals surface area contributed by atoms with Crippen molar-refractivity contribution in [1.82, 2.24) is 4.90 Å². The van der Waals surface area contributed by atoms with Crippen molar-refractivity contribution in [3.63, 3.8) is 0 Å². The zero-order valence-corrected chi connectivity index (χ0v) is 12.9. The van der Waals surface area contributed by atoms with Gasteiger partial charge < -0.3 is 15.7 Å². The number of amides is 1. The van der Waals surface area contributed by atoms with Crippen molar-refractivity contribution in [2.24, 2.45) is 28.9 Å². The minimum atomic E-state index is -2.71. The van der Waals surface area contributed by atoms with Crippen LogP contribution in [0.15, 0.2) is 0 Å². The molecule has 4 bridgehead atoms. The van der Waals surface area contributed by atoms with Crippen molar-refractivity contribution in [3.05, 3.63) is 0 Å². The third-order valence-electron chi connectivity index (χ3n) is 6.56. The molecule has 124 valence electrons. The second-order valence-electron chi connectivity index (χ2n) is 8.26. The topological polar surface area (TPSA) is 90.4 Å². The molecule has 6 atom stereocenters. The molecule has 5 aliphatic carbocycles. The first-order valence-electron chi connectivity index (χ1n) is 11.4. The van der Waals surface area contributed by atoms with Gasteiger partial charge >= 0.3 is 0 Å². The maximum Gasteiger partial charge on any atom is 0.241 e. The summed E-state index contributed by atoms with van der Waals surface area (Å²) in [5.41, 5.74) is 4.86. The van der Waals surface area contributed by atoms with Crippen LogP contribution in [0.5, 0.6) is 0 Å². The minimum absolute atomic E-state index is 0.254. The van der Waals surface area contributed by atoms with E-state index in [1.54, 1.807) is 6.07 Å². The predicted octanol–water partition coefficient (Wildman–Crippen LogP) is 1.16. The Labute approximate surface area is 145 Å². The lowest BCUT2D eigenvalue weighted by Gasteiger charge is -2.61. The molecule has 6 fully saturated rings. The van der Waals surface area contributed by atoms with E-state index in [2.05, 4.69) is 0 Å². The highest BCUT2D eigenvalue weighted by atomic mass is 16.3. The number of nitrogens with zero attached hydrogens (tertiary/aromatic N) is 2. The molecule has 5 heteroatoms. The molecule has 0 aromatic rings. The first-order chi connectivity index (χ1) is 13.2.